The smallest absolute Gasteiger partial charge is 0.213 e. The van der Waals surface area contributed by atoms with Crippen molar-refractivity contribution in [2.75, 3.05) is 76.7 Å². The van der Waals surface area contributed by atoms with E-state index in [1.54, 1.807) is 24.5 Å². The summed E-state index contributed by atoms with van der Waals surface area (Å²) >= 11 is -1.33. The Morgan fingerprint density at radius 3 is 1.96 bits per heavy atom. The van der Waals surface area contributed by atoms with Gasteiger partial charge >= 0.3 is 0 Å². The average molecular weight is 830 g/mol. The predicted octanol–water partition coefficient (Wildman–Crippen LogP) is 8.45. The lowest BCUT2D eigenvalue weighted by Crippen LogP contribution is -2.55. The lowest BCUT2D eigenvalue weighted by Gasteiger charge is -2.46. The zero-order chi connectivity index (χ0) is 40.4. The molecule has 9 nitrogen and oxygen atoms in total. The van der Waals surface area contributed by atoms with Crippen molar-refractivity contribution in [2.24, 2.45) is 0 Å². The van der Waals surface area contributed by atoms with Crippen LogP contribution in [-0.4, -0.2) is 117 Å². The normalized spacial score (nSPS) is 19.1. The van der Waals surface area contributed by atoms with E-state index in [1.165, 1.54) is 50.8 Å². The van der Waals surface area contributed by atoms with Crippen LogP contribution < -0.4 is 9.64 Å². The first-order valence-corrected chi connectivity index (χ1v) is 24.7. The molecule has 0 saturated carbocycles. The quantitative estimate of drug-likeness (QED) is 0.0873. The van der Waals surface area contributed by atoms with Gasteiger partial charge in [-0.25, -0.2) is 12.8 Å². The fraction of sp³-hybridized carbons (Fsp3) is 0.659. The molecule has 1 atom stereocenters. The number of likely N-dealkylation sites (N-methyl/N-ethyl adjacent to an activating group) is 1. The molecule has 0 amide bonds. The Morgan fingerprint density at radius 2 is 1.35 bits per heavy atom. The predicted molar refractivity (Wildman–Crippen MR) is 227 cm³/mol. The van der Waals surface area contributed by atoms with Crippen LogP contribution in [0.25, 0.3) is 10.9 Å². The highest BCUT2D eigenvalue weighted by Crippen LogP contribution is 2.40. The first kappa shape index (κ1) is 44.0. The Morgan fingerprint density at radius 1 is 0.754 bits per heavy atom. The number of fused-ring (bicyclic) bond motifs is 1. The molecule has 0 radical (unpaired) electrons. The van der Waals surface area contributed by atoms with E-state index in [1.807, 2.05) is 4.90 Å². The first-order valence-electron chi connectivity index (χ1n) is 21.7. The van der Waals surface area contributed by atoms with E-state index >= 15 is 8.78 Å². The summed E-state index contributed by atoms with van der Waals surface area (Å²) in [6, 6.07) is 8.53. The van der Waals surface area contributed by atoms with Crippen LogP contribution in [0.5, 0.6) is 5.75 Å². The van der Waals surface area contributed by atoms with Crippen molar-refractivity contribution >= 4 is 37.6 Å². The molecule has 3 aliphatic rings. The van der Waals surface area contributed by atoms with Gasteiger partial charge in [-0.1, -0.05) is 71.6 Å². The summed E-state index contributed by atoms with van der Waals surface area (Å²) in [7, 11) is -4.58. The van der Waals surface area contributed by atoms with Crippen molar-refractivity contribution in [1.29, 1.82) is 0 Å². The summed E-state index contributed by atoms with van der Waals surface area (Å²) in [6.07, 6.45) is 18.3. The standard InChI is InChI=1S/C44H65F2N5O4S2/c1-4-6-7-8-9-10-11-12-13-14-31-55-39-17-18-40(43(46)42(39)45)57(53,54)41-33-47-38-16-15-36(56(3)52)32-37(38)44(41)51-25-21-34(22-26-51)49-23-19-35(20-24-49)50-29-27-48(5-2)28-30-50/h15-18,32-35H,4-14,19-31H2,1-3H3/t56-/m0/s1. The number of unbranched alkanes of at least 4 members (excludes halogenated alkanes) is 9. The summed E-state index contributed by atoms with van der Waals surface area (Å²) in [5.41, 5.74) is 0.946. The summed E-state index contributed by atoms with van der Waals surface area (Å²) < 4.78 is 78.4. The number of hydrogen-bond acceptors (Lipinski definition) is 9. The minimum Gasteiger partial charge on any atom is -0.612 e. The molecule has 2 aromatic carbocycles. The van der Waals surface area contributed by atoms with Crippen LogP contribution in [0.15, 0.2) is 51.2 Å². The van der Waals surface area contributed by atoms with Gasteiger partial charge in [0.1, 0.15) is 16.0 Å². The van der Waals surface area contributed by atoms with Crippen molar-refractivity contribution in [2.45, 2.75) is 131 Å². The fourth-order valence-electron chi connectivity index (χ4n) is 9.08. The fourth-order valence-corrected chi connectivity index (χ4v) is 11.1. The van der Waals surface area contributed by atoms with Crippen LogP contribution in [0.3, 0.4) is 0 Å². The van der Waals surface area contributed by atoms with Gasteiger partial charge in [0.05, 0.1) is 17.8 Å². The van der Waals surface area contributed by atoms with E-state index in [0.717, 1.165) is 96.8 Å². The highest BCUT2D eigenvalue weighted by Gasteiger charge is 2.35. The van der Waals surface area contributed by atoms with Gasteiger partial charge in [0, 0.05) is 69.0 Å². The van der Waals surface area contributed by atoms with Crippen LogP contribution in [0.4, 0.5) is 14.5 Å². The van der Waals surface area contributed by atoms with Crippen molar-refractivity contribution in [3.63, 3.8) is 0 Å². The molecular formula is C44H65F2N5O4S2. The van der Waals surface area contributed by atoms with Gasteiger partial charge in [-0.2, -0.15) is 4.39 Å². The van der Waals surface area contributed by atoms with Crippen LogP contribution in [-0.2, 0) is 21.0 Å². The Balaban J connectivity index is 1.13. The van der Waals surface area contributed by atoms with Crippen LogP contribution in [0.1, 0.15) is 104 Å². The average Bonchev–Trinajstić information content (AvgIpc) is 3.23. The molecule has 3 saturated heterocycles. The Kier molecular flexibility index (Phi) is 16.3. The number of sulfone groups is 1. The van der Waals surface area contributed by atoms with Gasteiger partial charge in [-0.15, -0.1) is 0 Å². The molecular weight excluding hydrogens is 765 g/mol. The second kappa shape index (κ2) is 21.1. The van der Waals surface area contributed by atoms with Crippen molar-refractivity contribution in [3.05, 3.63) is 48.2 Å². The Hall–Kier alpha value is -2.55. The largest absolute Gasteiger partial charge is 0.612 e. The van der Waals surface area contributed by atoms with E-state index in [0.29, 0.717) is 53.1 Å². The minimum atomic E-state index is -4.58. The number of benzene rings is 2. The third kappa shape index (κ3) is 11.0. The summed E-state index contributed by atoms with van der Waals surface area (Å²) in [5.74, 6) is -3.06. The Labute approximate surface area is 343 Å². The maximum atomic E-state index is 15.8. The molecule has 3 aliphatic heterocycles. The lowest BCUT2D eigenvalue weighted by molar-refractivity contribution is 0.0449. The summed E-state index contributed by atoms with van der Waals surface area (Å²) in [6.45, 7) is 13.7. The third-order valence-electron chi connectivity index (χ3n) is 12.6. The van der Waals surface area contributed by atoms with Crippen LogP contribution in [0, 0.1) is 11.6 Å². The molecule has 13 heteroatoms. The second-order valence-corrected chi connectivity index (χ2v) is 19.5. The van der Waals surface area contributed by atoms with Crippen LogP contribution >= 0.6 is 0 Å². The number of piperidine rings is 2. The molecule has 6 rings (SSSR count). The molecule has 0 bridgehead atoms. The number of hydrogen-bond donors (Lipinski definition) is 0. The number of anilines is 1. The molecule has 4 heterocycles. The zero-order valence-electron chi connectivity index (χ0n) is 34.5. The monoisotopic (exact) mass is 829 g/mol. The van der Waals surface area contributed by atoms with E-state index in [4.69, 9.17) is 4.74 Å². The van der Waals surface area contributed by atoms with E-state index in [-0.39, 0.29) is 17.3 Å². The molecule has 0 N–H and O–H groups in total. The van der Waals surface area contributed by atoms with E-state index in [9.17, 15) is 13.0 Å². The van der Waals surface area contributed by atoms with Gasteiger partial charge < -0.3 is 24.0 Å². The number of pyridine rings is 1. The van der Waals surface area contributed by atoms with Crippen LogP contribution in [0.2, 0.25) is 0 Å². The number of likely N-dealkylation sites (tertiary alicyclic amines) is 1. The van der Waals surface area contributed by atoms with Gasteiger partial charge in [0.2, 0.25) is 15.7 Å². The maximum absolute atomic E-state index is 15.8. The lowest BCUT2D eigenvalue weighted by atomic mass is 9.96. The van der Waals surface area contributed by atoms with E-state index < -0.39 is 37.5 Å². The van der Waals surface area contributed by atoms with Gasteiger partial charge in [0.25, 0.3) is 0 Å². The topological polar surface area (TPSA) is 92.3 Å². The molecule has 3 aromatic rings. The van der Waals surface area contributed by atoms with Gasteiger partial charge in [0.15, 0.2) is 16.5 Å². The molecule has 1 aromatic heterocycles. The highest BCUT2D eigenvalue weighted by atomic mass is 32.2. The number of aromatic nitrogens is 1. The van der Waals surface area contributed by atoms with Gasteiger partial charge in [-0.05, 0) is 87.2 Å². The van der Waals surface area contributed by atoms with Crippen molar-refractivity contribution in [1.82, 2.24) is 19.7 Å². The zero-order valence-corrected chi connectivity index (χ0v) is 36.2. The number of piperazine rings is 1. The first-order chi connectivity index (χ1) is 27.6. The van der Waals surface area contributed by atoms with E-state index in [2.05, 4.69) is 33.5 Å². The molecule has 57 heavy (non-hydrogen) atoms. The number of halogens is 2. The maximum Gasteiger partial charge on any atom is 0.213 e. The van der Waals surface area contributed by atoms with Gasteiger partial charge in [-0.3, -0.25) is 9.88 Å². The van der Waals surface area contributed by atoms with Crippen molar-refractivity contribution < 1.29 is 26.5 Å². The third-order valence-corrected chi connectivity index (χ3v) is 15.3. The SMILES string of the molecule is CCCCCCCCCCCCOc1ccc(S(=O)(=O)c2cnc3ccc([S@+](C)[O-])cc3c2N2CCC(N3CCC(N4CCN(CC)CC4)CC3)CC2)c(F)c1F. The number of rotatable bonds is 19. The summed E-state index contributed by atoms with van der Waals surface area (Å²) in [5, 5.41) is 0.531. The second-order valence-electron chi connectivity index (χ2n) is 16.3. The molecule has 0 unspecified atom stereocenters. The number of ether oxygens (including phenoxy) is 1. The highest BCUT2D eigenvalue weighted by molar-refractivity contribution is 7.91. The molecule has 316 valence electrons. The summed E-state index contributed by atoms with van der Waals surface area (Å²) in [4.78, 5) is 13.9. The minimum absolute atomic E-state index is 0.186. The van der Waals surface area contributed by atoms with Crippen molar-refractivity contribution in [3.8, 4) is 5.75 Å². The number of nitrogens with zero attached hydrogens (tertiary/aromatic N) is 5. The Bertz CT molecular complexity index is 1840. The molecule has 0 spiro atoms. The molecule has 0 aliphatic carbocycles. The molecule has 3 fully saturated rings.